The molecule has 1 saturated heterocycles. The lowest BCUT2D eigenvalue weighted by atomic mass is 10.1. The Labute approximate surface area is 171 Å². The van der Waals surface area contributed by atoms with E-state index in [2.05, 4.69) is 75.3 Å². The van der Waals surface area contributed by atoms with Crippen LogP contribution in [0, 0.1) is 0 Å². The molecule has 4 rings (SSSR count). The molecule has 0 atom stereocenters. The van der Waals surface area contributed by atoms with Crippen molar-refractivity contribution >= 4 is 33.9 Å². The Morgan fingerprint density at radius 1 is 1.07 bits per heavy atom. The van der Waals surface area contributed by atoms with Gasteiger partial charge in [0.25, 0.3) is 0 Å². The Morgan fingerprint density at radius 3 is 2.62 bits per heavy atom. The third-order valence-electron chi connectivity index (χ3n) is 5.77. The summed E-state index contributed by atoms with van der Waals surface area (Å²) < 4.78 is 2.33. The first-order valence-corrected chi connectivity index (χ1v) is 10.4. The maximum Gasteiger partial charge on any atom is 0.241 e. The van der Waals surface area contributed by atoms with Crippen LogP contribution >= 0.6 is 0 Å². The van der Waals surface area contributed by atoms with Crippen LogP contribution in [0.4, 0.5) is 0 Å². The van der Waals surface area contributed by atoms with Crippen LogP contribution in [0.1, 0.15) is 18.9 Å². The fourth-order valence-electron chi connectivity index (χ4n) is 4.06. The Kier molecular flexibility index (Phi) is 5.92. The quantitative estimate of drug-likeness (QED) is 0.519. The summed E-state index contributed by atoms with van der Waals surface area (Å²) in [5, 5.41) is 6.63. The highest BCUT2D eigenvalue weighted by molar-refractivity contribution is 6.09. The molecule has 1 fully saturated rings. The SMILES string of the molecule is CCn1c2ccccc2c2cc(/C=N\NC(=O)CCN3CCN(C)CC3)ccc21. The minimum atomic E-state index is -0.0381. The van der Waals surface area contributed by atoms with Crippen molar-refractivity contribution in [3.05, 3.63) is 48.0 Å². The van der Waals surface area contributed by atoms with Gasteiger partial charge in [0, 0.05) is 67.5 Å². The van der Waals surface area contributed by atoms with Crippen LogP contribution in [-0.2, 0) is 11.3 Å². The number of fused-ring (bicyclic) bond motifs is 3. The molecule has 1 aliphatic rings. The molecular weight excluding hydrogens is 362 g/mol. The molecule has 3 aromatic rings. The molecule has 2 aromatic carbocycles. The highest BCUT2D eigenvalue weighted by atomic mass is 16.2. The van der Waals surface area contributed by atoms with E-state index in [-0.39, 0.29) is 5.91 Å². The topological polar surface area (TPSA) is 52.9 Å². The maximum absolute atomic E-state index is 12.1. The lowest BCUT2D eigenvalue weighted by Gasteiger charge is -2.32. The Hall–Kier alpha value is -2.70. The number of hydrogen-bond acceptors (Lipinski definition) is 4. The lowest BCUT2D eigenvalue weighted by Crippen LogP contribution is -2.45. The van der Waals surface area contributed by atoms with Crippen LogP contribution < -0.4 is 5.43 Å². The summed E-state index contributed by atoms with van der Waals surface area (Å²) in [6.07, 6.45) is 2.20. The van der Waals surface area contributed by atoms with Crippen molar-refractivity contribution in [2.75, 3.05) is 39.8 Å². The van der Waals surface area contributed by atoms with Crippen LogP contribution in [0.15, 0.2) is 47.6 Å². The molecule has 152 valence electrons. The summed E-state index contributed by atoms with van der Waals surface area (Å²) in [4.78, 5) is 16.8. The number of aryl methyl sites for hydroxylation is 1. The number of nitrogens with zero attached hydrogens (tertiary/aromatic N) is 4. The van der Waals surface area contributed by atoms with Crippen molar-refractivity contribution in [3.63, 3.8) is 0 Å². The number of rotatable bonds is 6. The lowest BCUT2D eigenvalue weighted by molar-refractivity contribution is -0.121. The highest BCUT2D eigenvalue weighted by Crippen LogP contribution is 2.29. The molecule has 6 heteroatoms. The van der Waals surface area contributed by atoms with Crippen LogP contribution in [0.2, 0.25) is 0 Å². The van der Waals surface area contributed by atoms with Gasteiger partial charge in [-0.15, -0.1) is 0 Å². The van der Waals surface area contributed by atoms with Gasteiger partial charge in [0.15, 0.2) is 0 Å². The van der Waals surface area contributed by atoms with Gasteiger partial charge in [-0.05, 0) is 37.7 Å². The Balaban J connectivity index is 1.39. The number of hydrazone groups is 1. The average Bonchev–Trinajstić information content (AvgIpc) is 3.06. The molecule has 0 saturated carbocycles. The van der Waals surface area contributed by atoms with Gasteiger partial charge < -0.3 is 14.4 Å². The molecule has 1 aliphatic heterocycles. The van der Waals surface area contributed by atoms with Gasteiger partial charge in [-0.25, -0.2) is 5.43 Å². The molecule has 0 bridgehead atoms. The van der Waals surface area contributed by atoms with Crippen molar-refractivity contribution in [1.82, 2.24) is 19.8 Å². The Morgan fingerprint density at radius 2 is 1.83 bits per heavy atom. The van der Waals surface area contributed by atoms with Crippen LogP contribution in [0.5, 0.6) is 0 Å². The van der Waals surface area contributed by atoms with E-state index in [0.29, 0.717) is 6.42 Å². The molecular formula is C23H29N5O. The molecule has 1 aromatic heterocycles. The fraction of sp³-hybridized carbons (Fsp3) is 0.391. The largest absolute Gasteiger partial charge is 0.341 e. The van der Waals surface area contributed by atoms with E-state index in [9.17, 15) is 4.79 Å². The molecule has 29 heavy (non-hydrogen) atoms. The Bertz CT molecular complexity index is 1030. The molecule has 1 N–H and O–H groups in total. The predicted molar refractivity (Wildman–Crippen MR) is 119 cm³/mol. The van der Waals surface area contributed by atoms with Crippen molar-refractivity contribution < 1.29 is 4.79 Å². The molecule has 0 spiro atoms. The number of amides is 1. The second-order valence-corrected chi connectivity index (χ2v) is 7.73. The van der Waals surface area contributed by atoms with Crippen molar-refractivity contribution in [2.45, 2.75) is 19.9 Å². The second-order valence-electron chi connectivity index (χ2n) is 7.73. The molecule has 0 radical (unpaired) electrons. The molecule has 1 amide bonds. The third-order valence-corrected chi connectivity index (χ3v) is 5.77. The highest BCUT2D eigenvalue weighted by Gasteiger charge is 2.14. The second kappa shape index (κ2) is 8.76. The first-order valence-electron chi connectivity index (χ1n) is 10.4. The zero-order chi connectivity index (χ0) is 20.2. The van der Waals surface area contributed by atoms with Crippen LogP contribution in [0.25, 0.3) is 21.8 Å². The number of aromatic nitrogens is 1. The number of hydrogen-bond donors (Lipinski definition) is 1. The summed E-state index contributed by atoms with van der Waals surface area (Å²) in [6.45, 7) is 8.07. The third kappa shape index (κ3) is 4.33. The molecule has 6 nitrogen and oxygen atoms in total. The van der Waals surface area contributed by atoms with Gasteiger partial charge >= 0.3 is 0 Å². The minimum absolute atomic E-state index is 0.0381. The minimum Gasteiger partial charge on any atom is -0.341 e. The smallest absolute Gasteiger partial charge is 0.241 e. The van der Waals surface area contributed by atoms with Gasteiger partial charge in [0.1, 0.15) is 0 Å². The van der Waals surface area contributed by atoms with E-state index in [1.54, 1.807) is 6.21 Å². The van der Waals surface area contributed by atoms with E-state index >= 15 is 0 Å². The average molecular weight is 392 g/mol. The van der Waals surface area contributed by atoms with E-state index in [0.717, 1.165) is 44.8 Å². The first kappa shape index (κ1) is 19.6. The normalized spacial score (nSPS) is 16.2. The number of likely N-dealkylation sites (N-methyl/N-ethyl adjacent to an activating group) is 1. The molecule has 2 heterocycles. The number of nitrogens with one attached hydrogen (secondary N) is 1. The maximum atomic E-state index is 12.1. The van der Waals surface area contributed by atoms with E-state index in [1.165, 1.54) is 21.8 Å². The predicted octanol–water partition coefficient (Wildman–Crippen LogP) is 2.90. The fourth-order valence-corrected chi connectivity index (χ4v) is 4.06. The van der Waals surface area contributed by atoms with Gasteiger partial charge in [0.05, 0.1) is 6.21 Å². The summed E-state index contributed by atoms with van der Waals surface area (Å²) in [5.41, 5.74) is 6.12. The van der Waals surface area contributed by atoms with Crippen molar-refractivity contribution in [3.8, 4) is 0 Å². The zero-order valence-electron chi connectivity index (χ0n) is 17.3. The summed E-state index contributed by atoms with van der Waals surface area (Å²) in [6, 6.07) is 14.8. The summed E-state index contributed by atoms with van der Waals surface area (Å²) in [7, 11) is 2.14. The summed E-state index contributed by atoms with van der Waals surface area (Å²) >= 11 is 0. The van der Waals surface area contributed by atoms with Gasteiger partial charge in [-0.1, -0.05) is 24.3 Å². The number of para-hydroxylation sites is 1. The van der Waals surface area contributed by atoms with Gasteiger partial charge in [0.2, 0.25) is 5.91 Å². The van der Waals surface area contributed by atoms with Gasteiger partial charge in [-0.2, -0.15) is 5.10 Å². The summed E-state index contributed by atoms with van der Waals surface area (Å²) in [5.74, 6) is -0.0381. The van der Waals surface area contributed by atoms with E-state index in [1.807, 2.05) is 6.07 Å². The van der Waals surface area contributed by atoms with E-state index in [4.69, 9.17) is 0 Å². The van der Waals surface area contributed by atoms with Crippen molar-refractivity contribution in [1.29, 1.82) is 0 Å². The number of carbonyl (C=O) groups excluding carboxylic acids is 1. The first-order chi connectivity index (χ1) is 14.2. The number of carbonyl (C=O) groups is 1. The number of piperazine rings is 1. The van der Waals surface area contributed by atoms with Crippen LogP contribution in [-0.4, -0.2) is 66.3 Å². The number of benzene rings is 2. The molecule has 0 unspecified atom stereocenters. The van der Waals surface area contributed by atoms with Crippen LogP contribution in [0.3, 0.4) is 0 Å². The monoisotopic (exact) mass is 391 g/mol. The zero-order valence-corrected chi connectivity index (χ0v) is 17.3. The van der Waals surface area contributed by atoms with E-state index < -0.39 is 0 Å². The van der Waals surface area contributed by atoms with Gasteiger partial charge in [-0.3, -0.25) is 4.79 Å². The standard InChI is InChI=1S/C23H29N5O/c1-3-28-21-7-5-4-6-19(21)20-16-18(8-9-22(20)28)17-24-25-23(29)10-11-27-14-12-26(2)13-15-27/h4-9,16-17H,3,10-15H2,1-2H3,(H,25,29)/b24-17-. The molecule has 0 aliphatic carbocycles. The van der Waals surface area contributed by atoms with Crippen molar-refractivity contribution in [2.24, 2.45) is 5.10 Å².